The number of rotatable bonds is 1. The van der Waals surface area contributed by atoms with Crippen LogP contribution in [0.2, 0.25) is 0 Å². The van der Waals surface area contributed by atoms with Crippen LogP contribution in [0.1, 0.15) is 0 Å². The van der Waals surface area contributed by atoms with E-state index in [0.717, 1.165) is 16.8 Å². The van der Waals surface area contributed by atoms with Gasteiger partial charge in [-0.3, -0.25) is 4.98 Å². The fourth-order valence-corrected chi connectivity index (χ4v) is 1.68. The minimum Gasteiger partial charge on any atom is -0.475 e. The Bertz CT molecular complexity index is 930. The molecule has 0 aromatic carbocycles. The lowest BCUT2D eigenvalue weighted by molar-refractivity contribution is -0.193. The number of carboxylic acid groups (broad SMARTS) is 2. The van der Waals surface area contributed by atoms with E-state index in [4.69, 9.17) is 19.8 Å². The maximum absolute atomic E-state index is 10.6. The van der Waals surface area contributed by atoms with Crippen molar-refractivity contribution in [2.75, 3.05) is 0 Å². The van der Waals surface area contributed by atoms with Crippen LogP contribution in [-0.2, 0) is 9.59 Å². The fourth-order valence-electron chi connectivity index (χ4n) is 1.68. The van der Waals surface area contributed by atoms with Crippen LogP contribution in [0.25, 0.3) is 16.8 Å². The number of carbonyl (C=O) groups is 2. The molecule has 0 aliphatic heterocycles. The van der Waals surface area contributed by atoms with Crippen molar-refractivity contribution in [3.8, 4) is 11.3 Å². The van der Waals surface area contributed by atoms with Gasteiger partial charge in [-0.25, -0.2) is 14.6 Å². The van der Waals surface area contributed by atoms with Gasteiger partial charge in [0.1, 0.15) is 0 Å². The smallest absolute Gasteiger partial charge is 0.475 e. The molecule has 29 heavy (non-hydrogen) atoms. The molecule has 3 aromatic rings. The molecule has 0 unspecified atom stereocenters. The first kappa shape index (κ1) is 23.4. The number of hydrogen-bond donors (Lipinski definition) is 2. The summed E-state index contributed by atoms with van der Waals surface area (Å²) in [6, 6.07) is 10.0. The molecule has 156 valence electrons. The second kappa shape index (κ2) is 9.52. The van der Waals surface area contributed by atoms with E-state index >= 15 is 0 Å². The summed E-state index contributed by atoms with van der Waals surface area (Å²) in [5, 5.41) is 14.2. The number of hydrogen-bond acceptors (Lipinski definition) is 4. The van der Waals surface area contributed by atoms with Crippen LogP contribution < -0.4 is 0 Å². The van der Waals surface area contributed by atoms with Gasteiger partial charge in [0.2, 0.25) is 0 Å². The van der Waals surface area contributed by atoms with Crippen molar-refractivity contribution >= 4 is 17.5 Å². The average molecular weight is 423 g/mol. The highest BCUT2D eigenvalue weighted by Gasteiger charge is 2.38. The molecule has 0 atom stereocenters. The molecular weight excluding hydrogens is 412 g/mol. The van der Waals surface area contributed by atoms with E-state index in [2.05, 4.69) is 16.0 Å². The van der Waals surface area contributed by atoms with Gasteiger partial charge in [-0.1, -0.05) is 6.07 Å². The molecule has 7 nitrogen and oxygen atoms in total. The Morgan fingerprint density at radius 2 is 1.34 bits per heavy atom. The number of fused-ring (bicyclic) bond motifs is 1. The lowest BCUT2D eigenvalue weighted by Crippen LogP contribution is -2.21. The van der Waals surface area contributed by atoms with Crippen LogP contribution in [0.5, 0.6) is 0 Å². The van der Waals surface area contributed by atoms with E-state index in [-0.39, 0.29) is 0 Å². The second-order valence-corrected chi connectivity index (χ2v) is 4.93. The van der Waals surface area contributed by atoms with Gasteiger partial charge >= 0.3 is 24.3 Å². The molecule has 0 amide bonds. The maximum atomic E-state index is 10.6. The van der Waals surface area contributed by atoms with Gasteiger partial charge in [0.05, 0.1) is 17.5 Å². The third-order valence-electron chi connectivity index (χ3n) is 2.88. The summed E-state index contributed by atoms with van der Waals surface area (Å²) in [5.74, 6) is -5.51. The van der Waals surface area contributed by atoms with Crippen molar-refractivity contribution in [3.05, 3.63) is 55.2 Å². The first-order chi connectivity index (χ1) is 13.3. The summed E-state index contributed by atoms with van der Waals surface area (Å²) < 4.78 is 65.5. The molecule has 3 heterocycles. The van der Waals surface area contributed by atoms with Crippen molar-refractivity contribution in [1.82, 2.24) is 14.4 Å². The number of imidazole rings is 1. The minimum atomic E-state index is -5.08. The van der Waals surface area contributed by atoms with Crippen LogP contribution in [0.4, 0.5) is 26.3 Å². The molecule has 0 aliphatic rings. The fraction of sp³-hybridized carbons (Fsp3) is 0.125. The summed E-state index contributed by atoms with van der Waals surface area (Å²) in [7, 11) is 0. The highest BCUT2D eigenvalue weighted by Crippen LogP contribution is 2.21. The average Bonchev–Trinajstić information content (AvgIpc) is 3.06. The van der Waals surface area contributed by atoms with Gasteiger partial charge in [-0.05, 0) is 24.3 Å². The van der Waals surface area contributed by atoms with Gasteiger partial charge in [-0.15, -0.1) is 0 Å². The van der Waals surface area contributed by atoms with E-state index in [9.17, 15) is 26.3 Å². The van der Waals surface area contributed by atoms with E-state index in [0.29, 0.717) is 0 Å². The van der Waals surface area contributed by atoms with Crippen molar-refractivity contribution < 1.29 is 46.1 Å². The molecule has 13 heteroatoms. The van der Waals surface area contributed by atoms with Crippen molar-refractivity contribution in [3.63, 3.8) is 0 Å². The molecule has 0 saturated carbocycles. The summed E-state index contributed by atoms with van der Waals surface area (Å²) in [4.78, 5) is 26.2. The minimum absolute atomic E-state index is 0.998. The van der Waals surface area contributed by atoms with Gasteiger partial charge in [-0.2, -0.15) is 26.3 Å². The number of nitrogens with zero attached hydrogens (tertiary/aromatic N) is 3. The normalized spacial score (nSPS) is 11.0. The number of aromatic nitrogens is 3. The van der Waals surface area contributed by atoms with Crippen LogP contribution >= 0.6 is 0 Å². The van der Waals surface area contributed by atoms with Crippen LogP contribution in [0, 0.1) is 0 Å². The first-order valence-electron chi connectivity index (χ1n) is 7.26. The third-order valence-corrected chi connectivity index (χ3v) is 2.88. The SMILES string of the molecule is O=C(O)C(F)(F)F.O=C(O)C(F)(F)F.c1ccn2cnc(-c3ccncc3)c2c1. The first-order valence-corrected chi connectivity index (χ1v) is 7.26. The number of carboxylic acids is 2. The standard InChI is InChI=1S/C12H9N3.2C2HF3O2/c1-2-8-15-9-14-12(11(15)3-1)10-4-6-13-7-5-10;2*3-2(4,5)1(6)7/h1-9H;2*(H,6,7). The lowest BCUT2D eigenvalue weighted by Gasteiger charge is -1.97. The van der Waals surface area contributed by atoms with Gasteiger partial charge < -0.3 is 14.6 Å². The summed E-state index contributed by atoms with van der Waals surface area (Å²) >= 11 is 0. The third kappa shape index (κ3) is 7.48. The Kier molecular flexibility index (Phi) is 7.68. The zero-order valence-electron chi connectivity index (χ0n) is 14.0. The van der Waals surface area contributed by atoms with Crippen molar-refractivity contribution in [2.24, 2.45) is 0 Å². The van der Waals surface area contributed by atoms with Gasteiger partial charge in [0, 0.05) is 24.2 Å². The van der Waals surface area contributed by atoms with E-state index in [1.807, 2.05) is 41.2 Å². The molecule has 0 spiro atoms. The molecule has 3 rings (SSSR count). The predicted molar refractivity (Wildman–Crippen MR) is 85.8 cm³/mol. The summed E-state index contributed by atoms with van der Waals surface area (Å²) in [6.45, 7) is 0. The van der Waals surface area contributed by atoms with E-state index in [1.165, 1.54) is 0 Å². The highest BCUT2D eigenvalue weighted by atomic mass is 19.4. The predicted octanol–water partition coefficient (Wildman–Crippen LogP) is 3.66. The van der Waals surface area contributed by atoms with Crippen molar-refractivity contribution in [2.45, 2.75) is 12.4 Å². The zero-order valence-corrected chi connectivity index (χ0v) is 14.0. The monoisotopic (exact) mass is 423 g/mol. The van der Waals surface area contributed by atoms with Crippen molar-refractivity contribution in [1.29, 1.82) is 0 Å². The largest absolute Gasteiger partial charge is 0.490 e. The zero-order chi connectivity index (χ0) is 22.2. The van der Waals surface area contributed by atoms with Crippen LogP contribution in [0.3, 0.4) is 0 Å². The van der Waals surface area contributed by atoms with Gasteiger partial charge in [0.15, 0.2) is 0 Å². The molecule has 2 N–H and O–H groups in total. The Balaban J connectivity index is 0.000000255. The maximum Gasteiger partial charge on any atom is 0.490 e. The molecule has 0 aliphatic carbocycles. The molecule has 3 aromatic heterocycles. The van der Waals surface area contributed by atoms with Crippen LogP contribution in [-0.4, -0.2) is 48.9 Å². The number of alkyl halides is 6. The highest BCUT2D eigenvalue weighted by molar-refractivity contribution is 5.76. The summed E-state index contributed by atoms with van der Waals surface area (Å²) in [6.07, 6.45) is -2.79. The molecule has 0 radical (unpaired) electrons. The number of pyridine rings is 2. The lowest BCUT2D eigenvalue weighted by atomic mass is 10.2. The van der Waals surface area contributed by atoms with Gasteiger partial charge in [0.25, 0.3) is 0 Å². The van der Waals surface area contributed by atoms with Crippen LogP contribution in [0.15, 0.2) is 55.2 Å². The topological polar surface area (TPSA) is 105 Å². The Hall–Kier alpha value is -3.64. The Morgan fingerprint density at radius 1 is 0.862 bits per heavy atom. The molecule has 0 bridgehead atoms. The molecule has 0 fully saturated rings. The summed E-state index contributed by atoms with van der Waals surface area (Å²) in [5.41, 5.74) is 3.21. The second-order valence-electron chi connectivity index (χ2n) is 4.93. The quantitative estimate of drug-likeness (QED) is 0.579. The van der Waals surface area contributed by atoms with E-state index < -0.39 is 24.3 Å². The molecule has 0 saturated heterocycles. The number of aliphatic carboxylic acids is 2. The number of halogens is 6. The Morgan fingerprint density at radius 3 is 1.79 bits per heavy atom. The van der Waals surface area contributed by atoms with E-state index in [1.54, 1.807) is 12.4 Å². The Labute approximate surface area is 157 Å². The molecular formula is C16H11F6N3O4.